The molecular weight excluding hydrogens is 298 g/mol. The van der Waals surface area contributed by atoms with Gasteiger partial charge < -0.3 is 14.0 Å². The fraction of sp³-hybridized carbons (Fsp3) is 0.588. The largest absolute Gasteiger partial charge is 0.469 e. The molecule has 1 aliphatic rings. The summed E-state index contributed by atoms with van der Waals surface area (Å²) in [6.45, 7) is 9.59. The molecule has 0 spiro atoms. The standard InChI is InChI=1S/C17H24BFO4/c1-11-7-12(9-13(19)8-11)14(10-15(20)21-6)18-22-16(2,3)17(4,5)23-18/h7-9,14H,10H2,1-6H3. The smallest absolute Gasteiger partial charge is 0.466 e. The number of hydrogen-bond donors (Lipinski definition) is 0. The molecule has 0 aliphatic carbocycles. The maximum atomic E-state index is 13.8. The van der Waals surface area contributed by atoms with Crippen LogP contribution in [-0.2, 0) is 18.8 Å². The molecular formula is C17H24BFO4. The van der Waals surface area contributed by atoms with Crippen molar-refractivity contribution < 1.29 is 23.2 Å². The SMILES string of the molecule is COC(=O)CC(B1OC(C)(C)C(C)(C)O1)c1cc(C)cc(F)c1. The summed E-state index contributed by atoms with van der Waals surface area (Å²) in [6.07, 6.45) is 0.0657. The first-order chi connectivity index (χ1) is 10.6. The Balaban J connectivity index is 2.37. The summed E-state index contributed by atoms with van der Waals surface area (Å²) in [4.78, 5) is 11.8. The van der Waals surface area contributed by atoms with Crippen LogP contribution in [0.4, 0.5) is 4.39 Å². The monoisotopic (exact) mass is 322 g/mol. The van der Waals surface area contributed by atoms with E-state index in [9.17, 15) is 9.18 Å². The second kappa shape index (κ2) is 6.25. The Bertz CT molecular complexity index is 564. The number of aryl methyl sites for hydroxylation is 1. The first kappa shape index (κ1) is 18.0. The van der Waals surface area contributed by atoms with E-state index >= 15 is 0 Å². The van der Waals surface area contributed by atoms with Crippen LogP contribution < -0.4 is 0 Å². The van der Waals surface area contributed by atoms with E-state index in [2.05, 4.69) is 0 Å². The van der Waals surface area contributed by atoms with Gasteiger partial charge in [-0.2, -0.15) is 0 Å². The van der Waals surface area contributed by atoms with Crippen molar-refractivity contribution in [3.63, 3.8) is 0 Å². The Morgan fingerprint density at radius 3 is 2.26 bits per heavy atom. The minimum Gasteiger partial charge on any atom is -0.469 e. The van der Waals surface area contributed by atoms with Gasteiger partial charge in [-0.3, -0.25) is 4.79 Å². The zero-order chi connectivity index (χ0) is 17.4. The van der Waals surface area contributed by atoms with E-state index in [1.807, 2.05) is 40.7 Å². The van der Waals surface area contributed by atoms with Gasteiger partial charge in [0.15, 0.2) is 0 Å². The number of carbonyl (C=O) groups excluding carboxylic acids is 1. The van der Waals surface area contributed by atoms with E-state index < -0.39 is 24.1 Å². The predicted octanol–water partition coefficient (Wildman–Crippen LogP) is 3.41. The Morgan fingerprint density at radius 2 is 1.78 bits per heavy atom. The summed E-state index contributed by atoms with van der Waals surface area (Å²) in [5, 5.41) is 0. The molecule has 0 radical (unpaired) electrons. The molecule has 1 fully saturated rings. The van der Waals surface area contributed by atoms with Crippen LogP contribution in [0.3, 0.4) is 0 Å². The highest BCUT2D eigenvalue weighted by Crippen LogP contribution is 2.42. The maximum absolute atomic E-state index is 13.8. The summed E-state index contributed by atoms with van der Waals surface area (Å²) < 4.78 is 30.7. The van der Waals surface area contributed by atoms with Crippen molar-refractivity contribution in [3.8, 4) is 0 Å². The van der Waals surface area contributed by atoms with Gasteiger partial charge in [0.1, 0.15) is 5.82 Å². The lowest BCUT2D eigenvalue weighted by Crippen LogP contribution is -2.41. The third-order valence-corrected chi connectivity index (χ3v) is 4.71. The highest BCUT2D eigenvalue weighted by atomic mass is 19.1. The highest BCUT2D eigenvalue weighted by molar-refractivity contribution is 6.48. The van der Waals surface area contributed by atoms with E-state index in [-0.39, 0.29) is 18.2 Å². The van der Waals surface area contributed by atoms with Gasteiger partial charge >= 0.3 is 13.1 Å². The maximum Gasteiger partial charge on any atom is 0.466 e. The van der Waals surface area contributed by atoms with Crippen molar-refractivity contribution >= 4 is 13.1 Å². The lowest BCUT2D eigenvalue weighted by Gasteiger charge is -2.32. The highest BCUT2D eigenvalue weighted by Gasteiger charge is 2.54. The van der Waals surface area contributed by atoms with Crippen molar-refractivity contribution in [2.75, 3.05) is 7.11 Å². The quantitative estimate of drug-likeness (QED) is 0.629. The summed E-state index contributed by atoms with van der Waals surface area (Å²) in [5.41, 5.74) is 0.417. The van der Waals surface area contributed by atoms with E-state index in [4.69, 9.17) is 14.0 Å². The van der Waals surface area contributed by atoms with Crippen molar-refractivity contribution in [2.24, 2.45) is 0 Å². The van der Waals surface area contributed by atoms with Gasteiger partial charge in [-0.25, -0.2) is 4.39 Å². The van der Waals surface area contributed by atoms with Crippen LogP contribution in [0, 0.1) is 12.7 Å². The molecule has 0 saturated carbocycles. The number of methoxy groups -OCH3 is 1. The molecule has 1 aliphatic heterocycles. The number of carbonyl (C=O) groups is 1. The molecule has 0 amide bonds. The van der Waals surface area contributed by atoms with Crippen LogP contribution in [0.25, 0.3) is 0 Å². The fourth-order valence-electron chi connectivity index (χ4n) is 2.67. The molecule has 0 bridgehead atoms. The Morgan fingerprint density at radius 1 is 1.22 bits per heavy atom. The normalized spacial score (nSPS) is 20.4. The van der Waals surface area contributed by atoms with Crippen LogP contribution in [-0.4, -0.2) is 31.4 Å². The molecule has 0 N–H and O–H groups in total. The molecule has 0 aromatic heterocycles. The van der Waals surface area contributed by atoms with Crippen LogP contribution in [0.15, 0.2) is 18.2 Å². The van der Waals surface area contributed by atoms with Crippen LogP contribution in [0.5, 0.6) is 0 Å². The first-order valence-electron chi connectivity index (χ1n) is 7.75. The summed E-state index contributed by atoms with van der Waals surface area (Å²) >= 11 is 0. The number of ether oxygens (including phenoxy) is 1. The molecule has 1 saturated heterocycles. The third kappa shape index (κ3) is 3.75. The molecule has 1 atom stereocenters. The average molecular weight is 322 g/mol. The van der Waals surface area contributed by atoms with Crippen molar-refractivity contribution in [1.82, 2.24) is 0 Å². The van der Waals surface area contributed by atoms with Gasteiger partial charge in [-0.1, -0.05) is 6.07 Å². The van der Waals surface area contributed by atoms with Gasteiger partial charge in [-0.05, 0) is 57.9 Å². The first-order valence-corrected chi connectivity index (χ1v) is 7.75. The molecule has 1 aromatic rings. The van der Waals surface area contributed by atoms with E-state index in [0.29, 0.717) is 5.56 Å². The molecule has 126 valence electrons. The minimum absolute atomic E-state index is 0.0657. The summed E-state index contributed by atoms with van der Waals surface area (Å²) in [6, 6.07) is 4.72. The van der Waals surface area contributed by atoms with Gasteiger partial charge in [-0.15, -0.1) is 0 Å². The van der Waals surface area contributed by atoms with Crippen LogP contribution >= 0.6 is 0 Å². The van der Waals surface area contributed by atoms with E-state index in [1.165, 1.54) is 19.2 Å². The number of rotatable bonds is 4. The van der Waals surface area contributed by atoms with Gasteiger partial charge in [0.05, 0.1) is 24.7 Å². The Kier molecular flexibility index (Phi) is 4.88. The summed E-state index contributed by atoms with van der Waals surface area (Å²) in [5.74, 6) is -1.16. The van der Waals surface area contributed by atoms with Crippen LogP contribution in [0.2, 0.25) is 0 Å². The zero-order valence-electron chi connectivity index (χ0n) is 14.6. The van der Waals surface area contributed by atoms with E-state index in [1.54, 1.807) is 0 Å². The molecule has 23 heavy (non-hydrogen) atoms. The molecule has 1 unspecified atom stereocenters. The molecule has 1 aromatic carbocycles. The Labute approximate surface area is 137 Å². The third-order valence-electron chi connectivity index (χ3n) is 4.71. The van der Waals surface area contributed by atoms with Crippen molar-refractivity contribution in [3.05, 3.63) is 35.1 Å². The van der Waals surface area contributed by atoms with Crippen molar-refractivity contribution in [1.29, 1.82) is 0 Å². The minimum atomic E-state index is -0.639. The number of benzene rings is 1. The second-order valence-electron chi connectivity index (χ2n) is 7.07. The number of halogens is 1. The van der Waals surface area contributed by atoms with Crippen LogP contribution in [0.1, 0.15) is 51.1 Å². The Hall–Kier alpha value is -1.40. The topological polar surface area (TPSA) is 44.8 Å². The van der Waals surface area contributed by atoms with Crippen molar-refractivity contribution in [2.45, 2.75) is 58.1 Å². The number of hydrogen-bond acceptors (Lipinski definition) is 4. The lowest BCUT2D eigenvalue weighted by atomic mass is 9.66. The predicted molar refractivity (Wildman–Crippen MR) is 86.6 cm³/mol. The number of esters is 1. The molecule has 6 heteroatoms. The van der Waals surface area contributed by atoms with Gasteiger partial charge in [0.25, 0.3) is 0 Å². The fourth-order valence-corrected chi connectivity index (χ4v) is 2.67. The second-order valence-corrected chi connectivity index (χ2v) is 7.07. The summed E-state index contributed by atoms with van der Waals surface area (Å²) in [7, 11) is 0.695. The molecule has 2 rings (SSSR count). The van der Waals surface area contributed by atoms with Gasteiger partial charge in [0, 0.05) is 5.82 Å². The molecule has 4 nitrogen and oxygen atoms in total. The van der Waals surface area contributed by atoms with E-state index in [0.717, 1.165) is 5.56 Å². The average Bonchev–Trinajstić information content (AvgIpc) is 2.63. The van der Waals surface area contributed by atoms with Gasteiger partial charge in [0.2, 0.25) is 0 Å². The lowest BCUT2D eigenvalue weighted by molar-refractivity contribution is -0.140. The molecule has 1 heterocycles. The zero-order valence-corrected chi connectivity index (χ0v) is 14.6.